The number of imidazole rings is 1. The van der Waals surface area contributed by atoms with E-state index in [0.29, 0.717) is 28.8 Å². The lowest BCUT2D eigenvalue weighted by atomic mass is 9.94. The van der Waals surface area contributed by atoms with Crippen molar-refractivity contribution in [1.29, 1.82) is 0 Å². The number of carbonyl (C=O) groups excluding carboxylic acids is 2. The molecule has 0 radical (unpaired) electrons. The minimum absolute atomic E-state index is 0.00623. The molecule has 0 saturated heterocycles. The van der Waals surface area contributed by atoms with E-state index in [1.807, 2.05) is 37.5 Å². The van der Waals surface area contributed by atoms with Gasteiger partial charge in [0.15, 0.2) is 0 Å². The molecule has 0 aliphatic rings. The van der Waals surface area contributed by atoms with Crippen LogP contribution in [0.4, 0.5) is 13.2 Å². The lowest BCUT2D eigenvalue weighted by Crippen LogP contribution is -2.36. The first-order valence-corrected chi connectivity index (χ1v) is 13.8. The van der Waals surface area contributed by atoms with Crippen LogP contribution in [0.25, 0.3) is 22.2 Å². The summed E-state index contributed by atoms with van der Waals surface area (Å²) in [6.07, 6.45) is 3.58. The van der Waals surface area contributed by atoms with E-state index in [2.05, 4.69) is 15.3 Å². The summed E-state index contributed by atoms with van der Waals surface area (Å²) in [4.78, 5) is 34.9. The third-order valence-corrected chi connectivity index (χ3v) is 7.61. The van der Waals surface area contributed by atoms with Gasteiger partial charge in [-0.25, -0.2) is 18.2 Å². The van der Waals surface area contributed by atoms with Gasteiger partial charge >= 0.3 is 0 Å². The second-order valence-corrected chi connectivity index (χ2v) is 10.5. The van der Waals surface area contributed by atoms with E-state index >= 15 is 0 Å². The van der Waals surface area contributed by atoms with Gasteiger partial charge in [0.2, 0.25) is 5.91 Å². The molecule has 10 heteroatoms. The molecule has 2 aromatic heterocycles. The van der Waals surface area contributed by atoms with E-state index in [9.17, 15) is 22.8 Å². The van der Waals surface area contributed by atoms with E-state index in [0.717, 1.165) is 34.3 Å². The monoisotopic (exact) mass is 585 g/mol. The van der Waals surface area contributed by atoms with Gasteiger partial charge in [-0.05, 0) is 91.4 Å². The van der Waals surface area contributed by atoms with E-state index in [1.165, 1.54) is 30.5 Å². The first-order chi connectivity index (χ1) is 20.5. The number of amides is 2. The summed E-state index contributed by atoms with van der Waals surface area (Å²) in [6.45, 7) is 5.86. The Hall–Kier alpha value is -4.99. The topological polar surface area (TPSA) is 103 Å². The number of aryl methyl sites for hydroxylation is 2. The van der Waals surface area contributed by atoms with Crippen LogP contribution in [-0.2, 0) is 11.2 Å². The second kappa shape index (κ2) is 12.1. The van der Waals surface area contributed by atoms with Crippen LogP contribution in [0.2, 0.25) is 0 Å². The molecule has 5 rings (SSSR count). The highest BCUT2D eigenvalue weighted by Gasteiger charge is 2.27. The van der Waals surface area contributed by atoms with Crippen molar-refractivity contribution in [2.75, 3.05) is 0 Å². The molecule has 0 aliphatic heterocycles. The van der Waals surface area contributed by atoms with Crippen molar-refractivity contribution in [3.05, 3.63) is 119 Å². The number of benzene rings is 3. The van der Waals surface area contributed by atoms with Crippen molar-refractivity contribution < 1.29 is 22.8 Å². The fourth-order valence-electron chi connectivity index (χ4n) is 5.31. The Bertz CT molecular complexity index is 1830. The Labute approximate surface area is 246 Å². The molecule has 43 heavy (non-hydrogen) atoms. The van der Waals surface area contributed by atoms with Crippen LogP contribution in [0.3, 0.4) is 0 Å². The number of hydrogen-bond acceptors (Lipinski definition) is 4. The molecule has 3 N–H and O–H groups in total. The van der Waals surface area contributed by atoms with E-state index in [1.54, 1.807) is 18.5 Å². The molecule has 0 bridgehead atoms. The van der Waals surface area contributed by atoms with Crippen LogP contribution in [0.1, 0.15) is 58.2 Å². The van der Waals surface area contributed by atoms with Crippen molar-refractivity contribution in [1.82, 2.24) is 19.9 Å². The number of hydrogen-bond donors (Lipinski definition) is 2. The van der Waals surface area contributed by atoms with Gasteiger partial charge < -0.3 is 15.6 Å². The normalized spacial score (nSPS) is 12.7. The Kier molecular flexibility index (Phi) is 8.29. The number of rotatable bonds is 9. The summed E-state index contributed by atoms with van der Waals surface area (Å²) in [6, 6.07) is 12.9. The SMILES string of the molecule is CCC(C(=O)N[C@@H](Cc1cc(F)cc(F)c1)c1ncccc1-c1ccc(F)c(C(N)=O)c1)n1cnc2cc(C)c(C)cc21. The van der Waals surface area contributed by atoms with Gasteiger partial charge in [-0.2, -0.15) is 0 Å². The van der Waals surface area contributed by atoms with Crippen LogP contribution < -0.4 is 11.1 Å². The summed E-state index contributed by atoms with van der Waals surface area (Å²) in [7, 11) is 0. The maximum atomic E-state index is 14.3. The van der Waals surface area contributed by atoms with Gasteiger partial charge in [0.05, 0.1) is 34.7 Å². The Balaban J connectivity index is 1.58. The summed E-state index contributed by atoms with van der Waals surface area (Å²) < 4.78 is 44.5. The molecule has 0 spiro atoms. The molecule has 0 aliphatic carbocycles. The first-order valence-electron chi connectivity index (χ1n) is 13.8. The minimum Gasteiger partial charge on any atom is -0.366 e. The quantitative estimate of drug-likeness (QED) is 0.212. The van der Waals surface area contributed by atoms with E-state index in [-0.39, 0.29) is 17.9 Å². The average molecular weight is 586 g/mol. The molecule has 7 nitrogen and oxygen atoms in total. The average Bonchev–Trinajstić information content (AvgIpc) is 3.35. The number of pyridine rings is 1. The van der Waals surface area contributed by atoms with Crippen LogP contribution in [0.15, 0.2) is 73.2 Å². The molecule has 2 amide bonds. The first kappa shape index (κ1) is 29.5. The highest BCUT2D eigenvalue weighted by atomic mass is 19.1. The van der Waals surface area contributed by atoms with Crippen molar-refractivity contribution in [3.8, 4) is 11.1 Å². The fraction of sp³-hybridized carbons (Fsp3) is 0.212. The van der Waals surface area contributed by atoms with Gasteiger partial charge in [-0.15, -0.1) is 0 Å². The predicted octanol–water partition coefficient (Wildman–Crippen LogP) is 6.28. The number of aromatic nitrogens is 3. The molecule has 5 aromatic rings. The number of halogens is 3. The Morgan fingerprint density at radius 3 is 2.37 bits per heavy atom. The molecule has 3 aromatic carbocycles. The van der Waals surface area contributed by atoms with E-state index in [4.69, 9.17) is 5.73 Å². The van der Waals surface area contributed by atoms with Gasteiger partial charge in [0.25, 0.3) is 5.91 Å². The van der Waals surface area contributed by atoms with Crippen molar-refractivity contribution >= 4 is 22.8 Å². The lowest BCUT2D eigenvalue weighted by Gasteiger charge is -2.25. The zero-order chi connectivity index (χ0) is 30.8. The maximum Gasteiger partial charge on any atom is 0.251 e. The number of carbonyl (C=O) groups is 2. The van der Waals surface area contributed by atoms with Crippen LogP contribution in [-0.4, -0.2) is 26.3 Å². The number of nitrogens with one attached hydrogen (secondary N) is 1. The second-order valence-electron chi connectivity index (χ2n) is 10.5. The summed E-state index contributed by atoms with van der Waals surface area (Å²) in [5.74, 6) is -3.57. The molecular formula is C33H30F3N5O2. The molecule has 0 saturated carbocycles. The number of nitrogens with zero attached hydrogens (tertiary/aromatic N) is 3. The third-order valence-electron chi connectivity index (χ3n) is 7.61. The maximum absolute atomic E-state index is 14.3. The summed E-state index contributed by atoms with van der Waals surface area (Å²) >= 11 is 0. The number of nitrogens with two attached hydrogens (primary N) is 1. The van der Waals surface area contributed by atoms with Crippen LogP contribution in [0, 0.1) is 31.3 Å². The Morgan fingerprint density at radius 2 is 1.67 bits per heavy atom. The highest BCUT2D eigenvalue weighted by Crippen LogP contribution is 2.31. The van der Waals surface area contributed by atoms with Gasteiger partial charge in [0.1, 0.15) is 23.5 Å². The molecule has 0 fully saturated rings. The Morgan fingerprint density at radius 1 is 0.953 bits per heavy atom. The molecule has 1 unspecified atom stereocenters. The van der Waals surface area contributed by atoms with Crippen LogP contribution >= 0.6 is 0 Å². The van der Waals surface area contributed by atoms with E-state index < -0.39 is 35.4 Å². The molecule has 2 heterocycles. The molecular weight excluding hydrogens is 555 g/mol. The van der Waals surface area contributed by atoms with Crippen molar-refractivity contribution in [3.63, 3.8) is 0 Å². The summed E-state index contributed by atoms with van der Waals surface area (Å²) in [5, 5.41) is 3.05. The van der Waals surface area contributed by atoms with Gasteiger partial charge in [0, 0.05) is 17.8 Å². The highest BCUT2D eigenvalue weighted by molar-refractivity contribution is 5.94. The fourth-order valence-corrected chi connectivity index (χ4v) is 5.31. The smallest absolute Gasteiger partial charge is 0.251 e. The van der Waals surface area contributed by atoms with Crippen molar-refractivity contribution in [2.45, 2.75) is 45.7 Å². The van der Waals surface area contributed by atoms with Gasteiger partial charge in [-0.3, -0.25) is 14.6 Å². The summed E-state index contributed by atoms with van der Waals surface area (Å²) in [5.41, 5.74) is 10.4. The van der Waals surface area contributed by atoms with Crippen LogP contribution in [0.5, 0.6) is 0 Å². The lowest BCUT2D eigenvalue weighted by molar-refractivity contribution is -0.125. The number of primary amides is 1. The number of fused-ring (bicyclic) bond motifs is 1. The zero-order valence-corrected chi connectivity index (χ0v) is 23.9. The largest absolute Gasteiger partial charge is 0.366 e. The standard InChI is InChI=1S/C33H30F3N5O2/c1-4-29(41-17-39-27-10-18(2)19(3)11-30(27)41)33(43)40-28(14-20-12-22(34)16-23(35)13-20)31-24(6-5-9-38-31)21-7-8-26(36)25(15-21)32(37)42/h5-13,15-17,28-29H,4,14H2,1-3H3,(H2,37,42)(H,40,43)/t28-,29?/m0/s1. The molecule has 220 valence electrons. The zero-order valence-electron chi connectivity index (χ0n) is 23.9. The molecule has 2 atom stereocenters. The van der Waals surface area contributed by atoms with Crippen molar-refractivity contribution in [2.24, 2.45) is 5.73 Å². The minimum atomic E-state index is -0.936. The predicted molar refractivity (Wildman–Crippen MR) is 158 cm³/mol. The van der Waals surface area contributed by atoms with Gasteiger partial charge in [-0.1, -0.05) is 19.1 Å². The third kappa shape index (κ3) is 6.13.